The van der Waals surface area contributed by atoms with Crippen LogP contribution in [0.1, 0.15) is 9.99 Å². The van der Waals surface area contributed by atoms with Crippen LogP contribution in [0.2, 0.25) is 0 Å². The molecule has 0 aliphatic rings. The van der Waals surface area contributed by atoms with E-state index in [1.807, 2.05) is 0 Å². The molecule has 0 spiro atoms. The standard InChI is InChI=1S/3K.4Na.H5O10P3.7H/c;;;;;;;1-11(2,3)9-13(7,8)10-12(4,5)6;;;;;;;/h;;;;;;;(H,7,8)(H2,1,2,3)(H2,4,5,6);;;;;;;/q7*+1;;7*-1. The second-order valence-electron chi connectivity index (χ2n) is 1.61. The molecule has 0 rings (SSSR count). The van der Waals surface area contributed by atoms with Gasteiger partial charge in [0, 0.05) is 0 Å². The summed E-state index contributed by atoms with van der Waals surface area (Å²) >= 11 is 0. The molecular formula is H12K3Na4O10P3. The van der Waals surface area contributed by atoms with E-state index < -0.39 is 23.5 Å². The summed E-state index contributed by atoms with van der Waals surface area (Å²) in [6, 6.07) is 0. The van der Waals surface area contributed by atoms with Crippen LogP contribution in [0, 0.1) is 0 Å². The van der Waals surface area contributed by atoms with Gasteiger partial charge in [-0.2, -0.15) is 8.62 Å². The maximum absolute atomic E-state index is 10.4. The van der Waals surface area contributed by atoms with Crippen LogP contribution in [0.4, 0.5) is 0 Å². The monoisotopic (exact) mass is 474 g/mol. The summed E-state index contributed by atoms with van der Waals surface area (Å²) in [6.07, 6.45) is 0. The van der Waals surface area contributed by atoms with E-state index in [9.17, 15) is 13.7 Å². The van der Waals surface area contributed by atoms with Crippen LogP contribution in [0.15, 0.2) is 0 Å². The maximum atomic E-state index is 10.4. The molecule has 0 unspecified atom stereocenters. The van der Waals surface area contributed by atoms with Gasteiger partial charge >= 0.3 is 296 Å². The SMILES string of the molecule is O=P(O)(O)OP(=O)(O)OP(=O)(O)O.[H-].[H-].[H-].[H-].[H-].[H-].[H-].[K+].[K+].[K+].[Na+].[Na+].[Na+].[Na+]. The molecule has 0 atom stereocenters. The second kappa shape index (κ2) is 24.6. The minimum absolute atomic E-state index is 0. The van der Waals surface area contributed by atoms with Crippen molar-refractivity contribution in [2.75, 3.05) is 0 Å². The van der Waals surface area contributed by atoms with E-state index in [2.05, 4.69) is 8.62 Å². The van der Waals surface area contributed by atoms with E-state index in [0.29, 0.717) is 0 Å². The van der Waals surface area contributed by atoms with Crippen LogP contribution in [0.5, 0.6) is 0 Å². The Hall–Kier alpha value is 9.32. The Morgan fingerprint density at radius 1 is 0.600 bits per heavy atom. The molecule has 94 valence electrons. The molecule has 20 heteroatoms. The molecular weight excluding hydrogens is 462 g/mol. The molecule has 0 amide bonds. The topological polar surface area (TPSA) is 171 Å². The molecule has 0 bridgehead atoms. The van der Waals surface area contributed by atoms with E-state index in [-0.39, 0.29) is 282 Å². The molecule has 0 aliphatic heterocycles. The summed E-state index contributed by atoms with van der Waals surface area (Å²) in [6.45, 7) is 0. The average Bonchev–Trinajstić information content (AvgIpc) is 1.43. The molecule has 0 aliphatic carbocycles. The van der Waals surface area contributed by atoms with Crippen molar-refractivity contribution in [2.45, 2.75) is 0 Å². The minimum atomic E-state index is -5.46. The van der Waals surface area contributed by atoms with Gasteiger partial charge in [0.05, 0.1) is 0 Å². The second-order valence-corrected chi connectivity index (χ2v) is 5.82. The largest absolute Gasteiger partial charge is 1.00 e. The first-order chi connectivity index (χ1) is 5.41. The van der Waals surface area contributed by atoms with Gasteiger partial charge in [0.25, 0.3) is 0 Å². The van der Waals surface area contributed by atoms with Crippen molar-refractivity contribution in [3.8, 4) is 0 Å². The van der Waals surface area contributed by atoms with Crippen LogP contribution in [0.3, 0.4) is 0 Å². The van der Waals surface area contributed by atoms with Gasteiger partial charge in [-0.15, -0.1) is 0 Å². The zero-order valence-corrected chi connectivity index (χ0v) is 32.7. The van der Waals surface area contributed by atoms with Crippen molar-refractivity contribution in [3.05, 3.63) is 0 Å². The van der Waals surface area contributed by atoms with Crippen LogP contribution < -0.4 is 272 Å². The Morgan fingerprint density at radius 3 is 0.850 bits per heavy atom. The van der Waals surface area contributed by atoms with Crippen LogP contribution in [-0.4, -0.2) is 24.5 Å². The molecule has 0 aromatic heterocycles. The molecule has 0 saturated carbocycles. The smallest absolute Gasteiger partial charge is 1.00 e. The fourth-order valence-corrected chi connectivity index (χ4v) is 2.82. The zero-order chi connectivity index (χ0) is 10.9. The molecule has 0 saturated heterocycles. The van der Waals surface area contributed by atoms with Crippen molar-refractivity contribution in [1.29, 1.82) is 0 Å². The van der Waals surface area contributed by atoms with Crippen molar-refractivity contribution >= 4 is 23.5 Å². The van der Waals surface area contributed by atoms with E-state index >= 15 is 0 Å². The fraction of sp³-hybridized carbons (Fsp3) is 0. The number of phosphoric acid groups is 3. The summed E-state index contributed by atoms with van der Waals surface area (Å²) < 4.78 is 36.4. The normalized spacial score (nSPS) is 9.45. The average molecular weight is 474 g/mol. The number of hydrogen-bond donors (Lipinski definition) is 5. The molecule has 0 heterocycles. The van der Waals surface area contributed by atoms with E-state index in [0.717, 1.165) is 0 Å². The fourth-order valence-electron chi connectivity index (χ4n) is 0.284. The van der Waals surface area contributed by atoms with Gasteiger partial charge in [0.15, 0.2) is 0 Å². The molecule has 20 heavy (non-hydrogen) atoms. The summed E-state index contributed by atoms with van der Waals surface area (Å²) in [5.41, 5.74) is 0. The Kier molecular flexibility index (Phi) is 63.6. The quantitative estimate of drug-likeness (QED) is 0.195. The first-order valence-corrected chi connectivity index (χ1v) is 6.83. The minimum Gasteiger partial charge on any atom is -1.00 e. The van der Waals surface area contributed by atoms with Crippen molar-refractivity contribution in [2.24, 2.45) is 0 Å². The van der Waals surface area contributed by atoms with E-state index in [1.54, 1.807) is 0 Å². The first-order valence-electron chi connectivity index (χ1n) is 2.28. The summed E-state index contributed by atoms with van der Waals surface area (Å²) in [5, 5.41) is 0. The predicted octanol–water partition coefficient (Wildman–Crippen LogP) is -20.9. The van der Waals surface area contributed by atoms with Crippen molar-refractivity contribution in [3.63, 3.8) is 0 Å². The Morgan fingerprint density at radius 2 is 0.750 bits per heavy atom. The van der Waals surface area contributed by atoms with Crippen LogP contribution in [0.25, 0.3) is 0 Å². The summed E-state index contributed by atoms with van der Waals surface area (Å²) in [4.78, 5) is 40.2. The number of hydrogen-bond acceptors (Lipinski definition) is 5. The number of rotatable bonds is 4. The Bertz CT molecular complexity index is 320. The third-order valence-corrected chi connectivity index (χ3v) is 3.77. The van der Waals surface area contributed by atoms with E-state index in [1.165, 1.54) is 0 Å². The van der Waals surface area contributed by atoms with Crippen molar-refractivity contribution in [1.82, 2.24) is 0 Å². The van der Waals surface area contributed by atoms with Gasteiger partial charge in [0.1, 0.15) is 0 Å². The first kappa shape index (κ1) is 51.7. The summed E-state index contributed by atoms with van der Waals surface area (Å²) in [7, 11) is -16.2. The molecule has 0 radical (unpaired) electrons. The predicted molar refractivity (Wildman–Crippen MR) is 43.9 cm³/mol. The van der Waals surface area contributed by atoms with Gasteiger partial charge in [-0.25, -0.2) is 13.7 Å². The molecule has 0 fully saturated rings. The van der Waals surface area contributed by atoms with Gasteiger partial charge in [-0.05, 0) is 0 Å². The van der Waals surface area contributed by atoms with E-state index in [4.69, 9.17) is 24.5 Å². The molecule has 0 aromatic carbocycles. The maximum Gasteiger partial charge on any atom is 1.00 e. The molecule has 0 aromatic rings. The molecule has 5 N–H and O–H groups in total. The van der Waals surface area contributed by atoms with Gasteiger partial charge in [-0.1, -0.05) is 0 Å². The van der Waals surface area contributed by atoms with Gasteiger partial charge in [-0.3, -0.25) is 0 Å². The summed E-state index contributed by atoms with van der Waals surface area (Å²) in [5.74, 6) is 0. The third kappa shape index (κ3) is 41.6. The Labute approximate surface area is 342 Å². The van der Waals surface area contributed by atoms with Gasteiger partial charge in [0.2, 0.25) is 0 Å². The van der Waals surface area contributed by atoms with Crippen LogP contribution in [-0.2, 0) is 22.3 Å². The Balaban J connectivity index is -0.00000000791. The zero-order valence-electron chi connectivity index (χ0n) is 19.6. The third-order valence-electron chi connectivity index (χ3n) is 0.419. The van der Waals surface area contributed by atoms with Crippen LogP contribution >= 0.6 is 23.5 Å². The van der Waals surface area contributed by atoms with Crippen molar-refractivity contribution < 1.29 is 329 Å². The van der Waals surface area contributed by atoms with Gasteiger partial charge < -0.3 is 34.5 Å². The molecule has 10 nitrogen and oxygen atoms in total.